The van der Waals surface area contributed by atoms with Crippen LogP contribution in [0.4, 0.5) is 5.69 Å². The molecule has 0 aliphatic heterocycles. The summed E-state index contributed by atoms with van der Waals surface area (Å²) < 4.78 is 0. The van der Waals surface area contributed by atoms with Gasteiger partial charge in [-0.15, -0.1) is 0 Å². The van der Waals surface area contributed by atoms with Crippen LogP contribution in [0.25, 0.3) is 0 Å². The predicted octanol–water partition coefficient (Wildman–Crippen LogP) is 2.06. The molecule has 0 atom stereocenters. The predicted molar refractivity (Wildman–Crippen MR) is 53.9 cm³/mol. The second kappa shape index (κ2) is 4.40. The van der Waals surface area contributed by atoms with E-state index in [4.69, 9.17) is 0 Å². The summed E-state index contributed by atoms with van der Waals surface area (Å²) in [4.78, 5) is 10.8. The van der Waals surface area contributed by atoms with E-state index < -0.39 is 0 Å². The topological polar surface area (TPSA) is 41.5 Å². The summed E-state index contributed by atoms with van der Waals surface area (Å²) in [7, 11) is 0. The quantitative estimate of drug-likeness (QED) is 0.565. The molecule has 1 rings (SSSR count). The van der Waals surface area contributed by atoms with E-state index in [-0.39, 0.29) is 5.78 Å². The van der Waals surface area contributed by atoms with E-state index in [9.17, 15) is 4.79 Å². The lowest BCUT2D eigenvalue weighted by Gasteiger charge is -1.99. The number of nitrogens with zero attached hydrogens (tertiary/aromatic N) is 1. The summed E-state index contributed by atoms with van der Waals surface area (Å²) in [6.07, 6.45) is 0. The molecule has 0 amide bonds. The summed E-state index contributed by atoms with van der Waals surface area (Å²) in [5.74, 6) is -0.0246. The van der Waals surface area contributed by atoms with Gasteiger partial charge in [0.2, 0.25) is 0 Å². The number of hydrogen-bond acceptors (Lipinski definition) is 3. The van der Waals surface area contributed by atoms with Crippen LogP contribution in [0, 0.1) is 0 Å². The first kappa shape index (κ1) is 9.45. The zero-order valence-electron chi connectivity index (χ0n) is 7.74. The Morgan fingerprint density at radius 1 is 1.23 bits per heavy atom. The molecule has 1 aromatic rings. The zero-order chi connectivity index (χ0) is 9.68. The van der Waals surface area contributed by atoms with Crippen molar-refractivity contribution in [2.24, 2.45) is 5.10 Å². The Balaban J connectivity index is 2.62. The Morgan fingerprint density at radius 2 is 1.85 bits per heavy atom. The highest BCUT2D eigenvalue weighted by atomic mass is 16.1. The van der Waals surface area contributed by atoms with Gasteiger partial charge in [0, 0.05) is 6.92 Å². The van der Waals surface area contributed by atoms with Gasteiger partial charge in [-0.05, 0) is 19.1 Å². The summed E-state index contributed by atoms with van der Waals surface area (Å²) in [6, 6.07) is 9.50. The Kier molecular flexibility index (Phi) is 3.20. The van der Waals surface area contributed by atoms with E-state index in [1.165, 1.54) is 6.92 Å². The fourth-order valence-corrected chi connectivity index (χ4v) is 0.740. The Morgan fingerprint density at radius 3 is 2.38 bits per heavy atom. The molecule has 0 fully saturated rings. The molecule has 1 N–H and O–H groups in total. The van der Waals surface area contributed by atoms with E-state index in [2.05, 4.69) is 10.5 Å². The minimum atomic E-state index is -0.0246. The van der Waals surface area contributed by atoms with Crippen molar-refractivity contribution in [2.45, 2.75) is 13.8 Å². The first-order valence-corrected chi connectivity index (χ1v) is 4.06. The molecule has 0 bridgehead atoms. The number of nitrogens with one attached hydrogen (secondary N) is 1. The zero-order valence-corrected chi connectivity index (χ0v) is 7.74. The molecular weight excluding hydrogens is 164 g/mol. The molecule has 3 heteroatoms. The van der Waals surface area contributed by atoms with Crippen LogP contribution in [0.15, 0.2) is 35.4 Å². The number of para-hydroxylation sites is 1. The molecule has 0 saturated carbocycles. The van der Waals surface area contributed by atoms with E-state index in [1.54, 1.807) is 6.92 Å². The smallest absolute Gasteiger partial charge is 0.175 e. The average molecular weight is 176 g/mol. The van der Waals surface area contributed by atoms with Crippen LogP contribution in [0.5, 0.6) is 0 Å². The second-order valence-electron chi connectivity index (χ2n) is 2.73. The van der Waals surface area contributed by atoms with Gasteiger partial charge in [-0.1, -0.05) is 18.2 Å². The first-order valence-electron chi connectivity index (χ1n) is 4.06. The highest BCUT2D eigenvalue weighted by molar-refractivity contribution is 6.38. The molecule has 13 heavy (non-hydrogen) atoms. The van der Waals surface area contributed by atoms with Gasteiger partial charge < -0.3 is 0 Å². The van der Waals surface area contributed by atoms with Gasteiger partial charge in [-0.25, -0.2) is 0 Å². The molecule has 68 valence electrons. The minimum Gasteiger partial charge on any atom is -0.293 e. The molecule has 0 saturated heterocycles. The fourth-order valence-electron chi connectivity index (χ4n) is 0.740. The third-order valence-electron chi connectivity index (χ3n) is 1.64. The number of hydrogen-bond donors (Lipinski definition) is 1. The molecule has 0 spiro atoms. The van der Waals surface area contributed by atoms with Crippen molar-refractivity contribution >= 4 is 17.2 Å². The molecule has 0 radical (unpaired) electrons. The third kappa shape index (κ3) is 3.07. The molecule has 0 aliphatic carbocycles. The molecule has 0 heterocycles. The Hall–Kier alpha value is -1.64. The lowest BCUT2D eigenvalue weighted by Crippen LogP contribution is -2.06. The fraction of sp³-hybridized carbons (Fsp3) is 0.200. The summed E-state index contributed by atoms with van der Waals surface area (Å²) >= 11 is 0. The number of Topliss-reactive ketones (excluding diaryl/α,β-unsaturated/α-hetero) is 1. The molecular formula is C10H12N2O. The lowest BCUT2D eigenvalue weighted by molar-refractivity contribution is -0.111. The molecule has 1 aromatic carbocycles. The maximum atomic E-state index is 10.8. The summed E-state index contributed by atoms with van der Waals surface area (Å²) in [5, 5.41) is 3.91. The van der Waals surface area contributed by atoms with Gasteiger partial charge in [0.05, 0.1) is 5.69 Å². The van der Waals surface area contributed by atoms with Crippen LogP contribution in [0.3, 0.4) is 0 Å². The third-order valence-corrected chi connectivity index (χ3v) is 1.64. The Labute approximate surface area is 77.5 Å². The van der Waals surface area contributed by atoms with Crippen molar-refractivity contribution in [2.75, 3.05) is 5.43 Å². The van der Waals surface area contributed by atoms with E-state index in [0.717, 1.165) is 5.69 Å². The molecule has 0 aromatic heterocycles. The number of ketones is 1. The highest BCUT2D eigenvalue weighted by Gasteiger charge is 1.96. The standard InChI is InChI=1S/C10H12N2O/c1-8(9(2)13)11-12-10-6-4-3-5-7-10/h3-7,12H,1-2H3. The van der Waals surface area contributed by atoms with Crippen molar-refractivity contribution in [3.05, 3.63) is 30.3 Å². The molecule has 0 unspecified atom stereocenters. The summed E-state index contributed by atoms with van der Waals surface area (Å²) in [5.41, 5.74) is 4.15. The summed E-state index contributed by atoms with van der Waals surface area (Å²) in [6.45, 7) is 3.17. The largest absolute Gasteiger partial charge is 0.293 e. The minimum absolute atomic E-state index is 0.0246. The SMILES string of the molecule is CC(=O)C(C)=NNc1ccccc1. The number of carbonyl (C=O) groups is 1. The maximum absolute atomic E-state index is 10.8. The van der Waals surface area contributed by atoms with E-state index in [1.807, 2.05) is 30.3 Å². The number of anilines is 1. The molecule has 0 aliphatic rings. The normalized spacial score (nSPS) is 11.1. The Bertz CT molecular complexity index is 317. The van der Waals surface area contributed by atoms with Crippen molar-refractivity contribution < 1.29 is 4.79 Å². The van der Waals surface area contributed by atoms with Gasteiger partial charge >= 0.3 is 0 Å². The van der Waals surface area contributed by atoms with Crippen LogP contribution in [-0.2, 0) is 4.79 Å². The number of carbonyl (C=O) groups excluding carboxylic acids is 1. The molecule has 3 nitrogen and oxygen atoms in total. The van der Waals surface area contributed by atoms with Crippen LogP contribution >= 0.6 is 0 Å². The van der Waals surface area contributed by atoms with Gasteiger partial charge in [0.25, 0.3) is 0 Å². The van der Waals surface area contributed by atoms with Crippen LogP contribution in [0.1, 0.15) is 13.8 Å². The monoisotopic (exact) mass is 176 g/mol. The van der Waals surface area contributed by atoms with Crippen LogP contribution in [0.2, 0.25) is 0 Å². The average Bonchev–Trinajstić information content (AvgIpc) is 2.15. The van der Waals surface area contributed by atoms with Crippen LogP contribution < -0.4 is 5.43 Å². The number of hydrazone groups is 1. The van der Waals surface area contributed by atoms with Gasteiger partial charge in [0.1, 0.15) is 5.71 Å². The van der Waals surface area contributed by atoms with E-state index >= 15 is 0 Å². The van der Waals surface area contributed by atoms with Gasteiger partial charge in [0.15, 0.2) is 5.78 Å². The van der Waals surface area contributed by atoms with Crippen molar-refractivity contribution in [3.63, 3.8) is 0 Å². The van der Waals surface area contributed by atoms with Crippen molar-refractivity contribution in [3.8, 4) is 0 Å². The van der Waals surface area contributed by atoms with Crippen molar-refractivity contribution in [1.29, 1.82) is 0 Å². The second-order valence-corrected chi connectivity index (χ2v) is 2.73. The highest BCUT2D eigenvalue weighted by Crippen LogP contribution is 2.04. The number of rotatable bonds is 3. The first-order chi connectivity index (χ1) is 6.20. The van der Waals surface area contributed by atoms with Gasteiger partial charge in [-0.3, -0.25) is 10.2 Å². The number of benzene rings is 1. The van der Waals surface area contributed by atoms with Crippen LogP contribution in [-0.4, -0.2) is 11.5 Å². The van der Waals surface area contributed by atoms with Crippen molar-refractivity contribution in [1.82, 2.24) is 0 Å². The maximum Gasteiger partial charge on any atom is 0.175 e. The lowest BCUT2D eigenvalue weighted by atomic mass is 10.3. The van der Waals surface area contributed by atoms with E-state index in [0.29, 0.717) is 5.71 Å². The van der Waals surface area contributed by atoms with Gasteiger partial charge in [-0.2, -0.15) is 5.10 Å².